The van der Waals surface area contributed by atoms with Gasteiger partial charge in [0.15, 0.2) is 0 Å². The molecule has 1 aliphatic rings. The molecule has 0 radical (unpaired) electrons. The first-order chi connectivity index (χ1) is 10.8. The van der Waals surface area contributed by atoms with E-state index in [-0.39, 0.29) is 6.09 Å². The van der Waals surface area contributed by atoms with Crippen molar-refractivity contribution in [3.63, 3.8) is 0 Å². The molecule has 1 aromatic carbocycles. The van der Waals surface area contributed by atoms with E-state index in [0.717, 1.165) is 25.3 Å². The van der Waals surface area contributed by atoms with Gasteiger partial charge in [0, 0.05) is 25.7 Å². The van der Waals surface area contributed by atoms with Crippen molar-refractivity contribution in [2.24, 2.45) is 0 Å². The lowest BCUT2D eigenvalue weighted by Crippen LogP contribution is -2.39. The lowest BCUT2D eigenvalue weighted by Gasteiger charge is -2.24. The third kappa shape index (κ3) is 6.10. The summed E-state index contributed by atoms with van der Waals surface area (Å²) in [7, 11) is 0. The van der Waals surface area contributed by atoms with Crippen LogP contribution in [0.5, 0.6) is 5.75 Å². The van der Waals surface area contributed by atoms with Crippen molar-refractivity contribution in [2.45, 2.75) is 45.8 Å². The summed E-state index contributed by atoms with van der Waals surface area (Å²) in [6.45, 7) is 10.5. The van der Waals surface area contributed by atoms with Gasteiger partial charge in [0.25, 0.3) is 0 Å². The van der Waals surface area contributed by atoms with Gasteiger partial charge >= 0.3 is 6.09 Å². The largest absolute Gasteiger partial charge is 0.492 e. The molecule has 5 nitrogen and oxygen atoms in total. The highest BCUT2D eigenvalue weighted by atomic mass is 16.6. The molecule has 1 aromatic rings. The van der Waals surface area contributed by atoms with Crippen molar-refractivity contribution >= 4 is 6.09 Å². The van der Waals surface area contributed by atoms with Crippen LogP contribution in [-0.4, -0.2) is 48.9 Å². The van der Waals surface area contributed by atoms with Crippen molar-refractivity contribution in [1.82, 2.24) is 10.2 Å². The monoisotopic (exact) mass is 320 g/mol. The molecule has 0 saturated carbocycles. The average molecular weight is 320 g/mol. The van der Waals surface area contributed by atoms with Crippen molar-refractivity contribution in [3.05, 3.63) is 29.8 Å². The molecule has 23 heavy (non-hydrogen) atoms. The first-order valence-electron chi connectivity index (χ1n) is 8.24. The second-order valence-corrected chi connectivity index (χ2v) is 7.03. The molecule has 0 aromatic heterocycles. The lowest BCUT2D eigenvalue weighted by atomic mass is 10.2. The van der Waals surface area contributed by atoms with Crippen LogP contribution in [0.4, 0.5) is 4.79 Å². The number of aryl methyl sites for hydroxylation is 1. The van der Waals surface area contributed by atoms with Crippen LogP contribution in [0, 0.1) is 6.92 Å². The van der Waals surface area contributed by atoms with Gasteiger partial charge in [0.2, 0.25) is 0 Å². The van der Waals surface area contributed by atoms with Gasteiger partial charge in [-0.2, -0.15) is 0 Å². The number of rotatable bonds is 5. The number of hydrogen-bond acceptors (Lipinski definition) is 4. The number of nitrogens with zero attached hydrogens (tertiary/aromatic N) is 1. The molecule has 1 heterocycles. The van der Waals surface area contributed by atoms with E-state index in [9.17, 15) is 4.79 Å². The van der Waals surface area contributed by atoms with E-state index in [1.165, 1.54) is 5.56 Å². The summed E-state index contributed by atoms with van der Waals surface area (Å²) < 4.78 is 11.1. The second kappa shape index (κ2) is 7.68. The van der Waals surface area contributed by atoms with Gasteiger partial charge in [0.1, 0.15) is 18.0 Å². The Balaban J connectivity index is 1.65. The van der Waals surface area contributed by atoms with Crippen LogP contribution in [0.15, 0.2) is 24.3 Å². The quantitative estimate of drug-likeness (QED) is 0.848. The van der Waals surface area contributed by atoms with Crippen LogP contribution in [-0.2, 0) is 4.74 Å². The van der Waals surface area contributed by atoms with Crippen molar-refractivity contribution in [2.75, 3.05) is 26.2 Å². The molecule has 1 amide bonds. The van der Waals surface area contributed by atoms with Crippen LogP contribution in [0.25, 0.3) is 0 Å². The highest BCUT2D eigenvalue weighted by Gasteiger charge is 2.29. The second-order valence-electron chi connectivity index (χ2n) is 7.03. The van der Waals surface area contributed by atoms with Crippen LogP contribution in [0.3, 0.4) is 0 Å². The number of carbonyl (C=O) groups excluding carboxylic acids is 1. The number of hydrogen-bond donors (Lipinski definition) is 1. The molecular weight excluding hydrogens is 292 g/mol. The van der Waals surface area contributed by atoms with E-state index in [2.05, 4.69) is 18.3 Å². The van der Waals surface area contributed by atoms with Crippen LogP contribution in [0.2, 0.25) is 0 Å². The smallest absolute Gasteiger partial charge is 0.410 e. The SMILES string of the molecule is Cc1cccc(OCCNC2CCN(C(=O)OC(C)(C)C)C2)c1. The Kier molecular flexibility index (Phi) is 5.88. The molecule has 2 rings (SSSR count). The van der Waals surface area contributed by atoms with Crippen LogP contribution in [0.1, 0.15) is 32.8 Å². The fourth-order valence-electron chi connectivity index (χ4n) is 2.56. The lowest BCUT2D eigenvalue weighted by molar-refractivity contribution is 0.0291. The Morgan fingerprint density at radius 3 is 2.87 bits per heavy atom. The zero-order valence-corrected chi connectivity index (χ0v) is 14.6. The summed E-state index contributed by atoms with van der Waals surface area (Å²) in [5.74, 6) is 0.897. The molecule has 1 fully saturated rings. The minimum Gasteiger partial charge on any atom is -0.492 e. The van der Waals surface area contributed by atoms with E-state index in [0.29, 0.717) is 19.2 Å². The zero-order valence-electron chi connectivity index (χ0n) is 14.6. The molecule has 128 valence electrons. The van der Waals surface area contributed by atoms with Gasteiger partial charge in [-0.15, -0.1) is 0 Å². The third-order valence-electron chi connectivity index (χ3n) is 3.63. The van der Waals surface area contributed by atoms with Gasteiger partial charge in [-0.1, -0.05) is 12.1 Å². The van der Waals surface area contributed by atoms with Crippen molar-refractivity contribution < 1.29 is 14.3 Å². The first-order valence-corrected chi connectivity index (χ1v) is 8.24. The minimum absolute atomic E-state index is 0.224. The fraction of sp³-hybridized carbons (Fsp3) is 0.611. The molecule has 1 saturated heterocycles. The molecule has 1 N–H and O–H groups in total. The summed E-state index contributed by atoms with van der Waals surface area (Å²) in [4.78, 5) is 13.8. The summed E-state index contributed by atoms with van der Waals surface area (Å²) in [5, 5.41) is 3.44. The number of amides is 1. The highest BCUT2D eigenvalue weighted by Crippen LogP contribution is 2.15. The standard InChI is InChI=1S/C18H28N2O3/c1-14-6-5-7-16(12-14)22-11-9-19-15-8-10-20(13-15)17(21)23-18(2,3)4/h5-7,12,15,19H,8-11,13H2,1-4H3. The summed E-state index contributed by atoms with van der Waals surface area (Å²) in [5.41, 5.74) is 0.754. The maximum atomic E-state index is 12.0. The minimum atomic E-state index is -0.440. The Morgan fingerprint density at radius 2 is 2.17 bits per heavy atom. The Hall–Kier alpha value is -1.75. The van der Waals surface area contributed by atoms with Gasteiger partial charge in [0.05, 0.1) is 0 Å². The number of carbonyl (C=O) groups is 1. The van der Waals surface area contributed by atoms with E-state index in [1.807, 2.05) is 39.0 Å². The number of nitrogens with one attached hydrogen (secondary N) is 1. The zero-order chi connectivity index (χ0) is 16.9. The first kappa shape index (κ1) is 17.6. The van der Waals surface area contributed by atoms with Crippen molar-refractivity contribution in [3.8, 4) is 5.75 Å². The third-order valence-corrected chi connectivity index (χ3v) is 3.63. The molecule has 1 atom stereocenters. The van der Waals surface area contributed by atoms with E-state index < -0.39 is 5.60 Å². The summed E-state index contributed by atoms with van der Waals surface area (Å²) >= 11 is 0. The van der Waals surface area contributed by atoms with Gasteiger partial charge < -0.3 is 19.7 Å². The van der Waals surface area contributed by atoms with E-state index >= 15 is 0 Å². The summed E-state index contributed by atoms with van der Waals surface area (Å²) in [6, 6.07) is 8.35. The molecule has 0 spiro atoms. The van der Waals surface area contributed by atoms with E-state index in [1.54, 1.807) is 4.90 Å². The highest BCUT2D eigenvalue weighted by molar-refractivity contribution is 5.68. The molecular formula is C18H28N2O3. The topological polar surface area (TPSA) is 50.8 Å². The molecule has 0 bridgehead atoms. The van der Waals surface area contributed by atoms with Crippen LogP contribution < -0.4 is 10.1 Å². The maximum Gasteiger partial charge on any atom is 0.410 e. The molecule has 1 aliphatic heterocycles. The average Bonchev–Trinajstić information content (AvgIpc) is 2.91. The van der Waals surface area contributed by atoms with Gasteiger partial charge in [-0.3, -0.25) is 0 Å². The van der Waals surface area contributed by atoms with Crippen molar-refractivity contribution in [1.29, 1.82) is 0 Å². The molecule has 1 unspecified atom stereocenters. The Bertz CT molecular complexity index is 525. The number of likely N-dealkylation sites (tertiary alicyclic amines) is 1. The summed E-state index contributed by atoms with van der Waals surface area (Å²) in [6.07, 6.45) is 0.724. The van der Waals surface area contributed by atoms with E-state index in [4.69, 9.17) is 9.47 Å². The van der Waals surface area contributed by atoms with Gasteiger partial charge in [-0.05, 0) is 51.8 Å². The maximum absolute atomic E-state index is 12.0. The van der Waals surface area contributed by atoms with Crippen LogP contribution >= 0.6 is 0 Å². The Morgan fingerprint density at radius 1 is 1.39 bits per heavy atom. The van der Waals surface area contributed by atoms with Gasteiger partial charge in [-0.25, -0.2) is 4.79 Å². The molecule has 5 heteroatoms. The normalized spacial score (nSPS) is 18.1. The predicted octanol–water partition coefficient (Wildman–Crippen LogP) is 2.97. The number of ether oxygens (including phenoxy) is 2. The fourth-order valence-corrected chi connectivity index (χ4v) is 2.56. The number of benzene rings is 1. The predicted molar refractivity (Wildman–Crippen MR) is 90.9 cm³/mol. The Labute approximate surface area is 139 Å². The molecule has 0 aliphatic carbocycles.